The van der Waals surface area contributed by atoms with Crippen LogP contribution >= 0.6 is 0 Å². The molecule has 3 aromatic heterocycles. The number of ether oxygens (including phenoxy) is 1. The van der Waals surface area contributed by atoms with Gasteiger partial charge in [0.05, 0.1) is 6.61 Å². The molecule has 0 spiro atoms. The maximum absolute atomic E-state index is 12.1. The van der Waals surface area contributed by atoms with Crippen molar-refractivity contribution in [2.45, 2.75) is 53.1 Å². The van der Waals surface area contributed by atoms with Crippen molar-refractivity contribution in [3.8, 4) is 0 Å². The second-order valence-corrected chi connectivity index (χ2v) is 9.86. The first-order chi connectivity index (χ1) is 15.8. The molecule has 178 valence electrons. The second kappa shape index (κ2) is 10.1. The fourth-order valence-corrected chi connectivity index (χ4v) is 4.52. The number of likely N-dealkylation sites (tertiary alicyclic amines) is 1. The molecule has 1 aliphatic rings. The molecule has 1 saturated heterocycles. The summed E-state index contributed by atoms with van der Waals surface area (Å²) in [6, 6.07) is 5.45. The summed E-state index contributed by atoms with van der Waals surface area (Å²) >= 11 is 0. The topological polar surface area (TPSA) is 90.2 Å². The molecule has 3 aromatic rings. The minimum atomic E-state index is -0.657. The van der Waals surface area contributed by atoms with Gasteiger partial charge < -0.3 is 18.5 Å². The van der Waals surface area contributed by atoms with Crippen molar-refractivity contribution in [2.75, 3.05) is 26.2 Å². The van der Waals surface area contributed by atoms with Crippen molar-refractivity contribution < 1.29 is 13.6 Å². The summed E-state index contributed by atoms with van der Waals surface area (Å²) in [4.78, 5) is 26.5. The van der Waals surface area contributed by atoms with E-state index >= 15 is 0 Å². The molecule has 0 saturated carbocycles. The number of nitrogens with zero attached hydrogens (tertiary/aromatic N) is 3. The highest BCUT2D eigenvalue weighted by Gasteiger charge is 2.28. The smallest absolute Gasteiger partial charge is 0.336 e. The van der Waals surface area contributed by atoms with Gasteiger partial charge in [-0.1, -0.05) is 20.8 Å². The molecule has 0 aliphatic carbocycles. The highest BCUT2D eigenvalue weighted by Crippen LogP contribution is 2.34. The normalized spacial score (nSPS) is 16.0. The zero-order valence-electron chi connectivity index (χ0n) is 19.7. The van der Waals surface area contributed by atoms with E-state index in [0.29, 0.717) is 23.2 Å². The van der Waals surface area contributed by atoms with Crippen LogP contribution in [0.15, 0.2) is 48.9 Å². The summed E-state index contributed by atoms with van der Waals surface area (Å²) in [5.74, 6) is 0.815. The first-order valence-electron chi connectivity index (χ1n) is 11.7. The monoisotopic (exact) mass is 455 g/mol. The zero-order valence-corrected chi connectivity index (χ0v) is 19.7. The molecule has 0 aromatic carbocycles. The Balaban J connectivity index is 1.33. The first-order valence-corrected chi connectivity index (χ1v) is 11.7. The number of unbranched alkanes of at least 4 members (excludes halogenated alkanes) is 1. The number of pyridine rings is 1. The fraction of sp³-hybridized carbons (Fsp3) is 0.560. The van der Waals surface area contributed by atoms with Gasteiger partial charge in [0.15, 0.2) is 16.7 Å². The molecule has 8 nitrogen and oxygen atoms in total. The van der Waals surface area contributed by atoms with Crippen LogP contribution in [0.3, 0.4) is 0 Å². The number of hydrogen-bond acceptors (Lipinski definition) is 7. The van der Waals surface area contributed by atoms with Crippen molar-refractivity contribution in [3.63, 3.8) is 0 Å². The highest BCUT2D eigenvalue weighted by atomic mass is 16.5. The van der Waals surface area contributed by atoms with Crippen molar-refractivity contribution in [3.05, 3.63) is 57.0 Å². The predicted molar refractivity (Wildman–Crippen MR) is 126 cm³/mol. The molecular weight excluding hydrogens is 422 g/mol. The molecule has 0 unspecified atom stereocenters. The van der Waals surface area contributed by atoms with E-state index < -0.39 is 11.3 Å². The van der Waals surface area contributed by atoms with Gasteiger partial charge in [0.1, 0.15) is 5.69 Å². The van der Waals surface area contributed by atoms with Crippen LogP contribution in [0.2, 0.25) is 0 Å². The van der Waals surface area contributed by atoms with Crippen LogP contribution < -0.4 is 11.3 Å². The molecular formula is C25H33N3O5. The number of piperidine rings is 1. The quantitative estimate of drug-likeness (QED) is 0.497. The molecule has 0 N–H and O–H groups in total. The molecule has 8 heteroatoms. The maximum atomic E-state index is 12.1. The molecule has 4 rings (SSSR count). The Hall–Kier alpha value is -2.71. The van der Waals surface area contributed by atoms with Crippen LogP contribution in [-0.4, -0.2) is 40.8 Å². The lowest BCUT2D eigenvalue weighted by atomic mass is 9.75. The van der Waals surface area contributed by atoms with E-state index in [1.54, 1.807) is 18.3 Å². The molecule has 0 bridgehead atoms. The van der Waals surface area contributed by atoms with E-state index in [1.807, 2.05) is 0 Å². The van der Waals surface area contributed by atoms with Gasteiger partial charge in [0.25, 0.3) is 0 Å². The van der Waals surface area contributed by atoms with Crippen molar-refractivity contribution >= 4 is 16.7 Å². The van der Waals surface area contributed by atoms with Gasteiger partial charge in [0.2, 0.25) is 0 Å². The lowest BCUT2D eigenvalue weighted by Gasteiger charge is -2.38. The standard InChI is InChI=1S/C25H33N3O5/c1-25(2,3)18-10-14-27(15-11-18)12-4-5-16-31-17-19-24-23-20(7-6-13-28(23)26-19)32-21(29)8-9-22(30)33-24/h6-9,13,18H,4-5,10-12,14-17H2,1-3H3. The first kappa shape index (κ1) is 23.4. The molecule has 4 heterocycles. The van der Waals surface area contributed by atoms with Gasteiger partial charge in [-0.25, -0.2) is 14.1 Å². The van der Waals surface area contributed by atoms with Crippen LogP contribution in [-0.2, 0) is 11.3 Å². The van der Waals surface area contributed by atoms with Gasteiger partial charge in [0, 0.05) is 24.9 Å². The molecule has 0 radical (unpaired) electrons. The van der Waals surface area contributed by atoms with Crippen LogP contribution in [0.1, 0.15) is 52.1 Å². The van der Waals surface area contributed by atoms with Crippen molar-refractivity contribution in [1.82, 2.24) is 14.5 Å². The van der Waals surface area contributed by atoms with Crippen LogP contribution in [0.4, 0.5) is 0 Å². The molecule has 1 aliphatic heterocycles. The Morgan fingerprint density at radius 3 is 2.52 bits per heavy atom. The van der Waals surface area contributed by atoms with Gasteiger partial charge in [-0.2, -0.15) is 5.10 Å². The zero-order chi connectivity index (χ0) is 23.4. The van der Waals surface area contributed by atoms with Gasteiger partial charge >= 0.3 is 11.3 Å². The largest absolute Gasteiger partial charge is 0.421 e. The Labute approximate surface area is 192 Å². The van der Waals surface area contributed by atoms with Crippen molar-refractivity contribution in [2.24, 2.45) is 11.3 Å². The third-order valence-electron chi connectivity index (χ3n) is 6.48. The minimum absolute atomic E-state index is 0.207. The van der Waals surface area contributed by atoms with E-state index in [0.717, 1.165) is 37.4 Å². The number of hydrogen-bond donors (Lipinski definition) is 0. The molecule has 0 atom stereocenters. The van der Waals surface area contributed by atoms with Gasteiger partial charge in [-0.3, -0.25) is 0 Å². The van der Waals surface area contributed by atoms with Crippen LogP contribution in [0, 0.1) is 11.3 Å². The van der Waals surface area contributed by atoms with E-state index in [1.165, 1.54) is 30.4 Å². The summed E-state index contributed by atoms with van der Waals surface area (Å²) < 4.78 is 18.2. The summed E-state index contributed by atoms with van der Waals surface area (Å²) in [7, 11) is 0. The minimum Gasteiger partial charge on any atom is -0.421 e. The molecule has 1 fully saturated rings. The Bertz CT molecular complexity index is 1230. The van der Waals surface area contributed by atoms with Crippen LogP contribution in [0.5, 0.6) is 0 Å². The Morgan fingerprint density at radius 2 is 1.79 bits per heavy atom. The van der Waals surface area contributed by atoms with Gasteiger partial charge in [-0.15, -0.1) is 0 Å². The lowest BCUT2D eigenvalue weighted by Crippen LogP contribution is -2.38. The summed E-state index contributed by atoms with van der Waals surface area (Å²) in [5.41, 5.74) is 0.570. The SMILES string of the molecule is CC(C)(C)C1CCN(CCCCOCc2nn3cccc4oc(=O)ccc(=O)oc2c43)CC1. The molecule has 33 heavy (non-hydrogen) atoms. The highest BCUT2D eigenvalue weighted by molar-refractivity contribution is 5.88. The summed E-state index contributed by atoms with van der Waals surface area (Å²) in [5, 5.41) is 4.47. The number of rotatable bonds is 7. The van der Waals surface area contributed by atoms with E-state index in [4.69, 9.17) is 13.6 Å². The summed E-state index contributed by atoms with van der Waals surface area (Å²) in [6.07, 6.45) is 6.30. The third-order valence-corrected chi connectivity index (χ3v) is 6.48. The Kier molecular flexibility index (Phi) is 7.14. The van der Waals surface area contributed by atoms with E-state index in [-0.39, 0.29) is 17.8 Å². The third kappa shape index (κ3) is 5.81. The number of aromatic nitrogens is 2. The second-order valence-electron chi connectivity index (χ2n) is 9.86. The van der Waals surface area contributed by atoms with E-state index in [9.17, 15) is 9.59 Å². The lowest BCUT2D eigenvalue weighted by molar-refractivity contribution is 0.0969. The van der Waals surface area contributed by atoms with Gasteiger partial charge in [-0.05, 0) is 68.8 Å². The predicted octanol–water partition coefficient (Wildman–Crippen LogP) is 4.01. The van der Waals surface area contributed by atoms with Crippen molar-refractivity contribution in [1.29, 1.82) is 0 Å². The average molecular weight is 456 g/mol. The maximum Gasteiger partial charge on any atom is 0.336 e. The fourth-order valence-electron chi connectivity index (χ4n) is 4.52. The van der Waals surface area contributed by atoms with E-state index in [2.05, 4.69) is 30.8 Å². The summed E-state index contributed by atoms with van der Waals surface area (Å²) in [6.45, 7) is 11.3. The van der Waals surface area contributed by atoms with Crippen LogP contribution in [0.25, 0.3) is 16.7 Å². The molecule has 0 amide bonds. The average Bonchev–Trinajstić information content (AvgIpc) is 3.14. The Morgan fingerprint density at radius 1 is 1.06 bits per heavy atom.